The number of nitrogens with one attached hydrogen (secondary N) is 1. The average Bonchev–Trinajstić information content (AvgIpc) is 2.99. The summed E-state index contributed by atoms with van der Waals surface area (Å²) in [7, 11) is 0. The molecule has 1 heterocycles. The van der Waals surface area contributed by atoms with Crippen molar-refractivity contribution in [2.45, 2.75) is 19.0 Å². The zero-order valence-corrected chi connectivity index (χ0v) is 10.9. The highest BCUT2D eigenvalue weighted by atomic mass is 16.3. The number of nitrogens with zero attached hydrogens (tertiary/aromatic N) is 2. The molecular weight excluding hydrogens is 242 g/mol. The topological polar surface area (TPSA) is 70.3 Å². The van der Waals surface area contributed by atoms with Crippen molar-refractivity contribution >= 4 is 0 Å². The molecule has 1 unspecified atom stereocenters. The Morgan fingerprint density at radius 3 is 2.42 bits per heavy atom. The average molecular weight is 261 g/mol. The van der Waals surface area contributed by atoms with E-state index in [1.54, 1.807) is 12.5 Å². The number of hydrogen-bond acceptors (Lipinski definition) is 4. The largest absolute Gasteiger partial charge is 0.395 e. The number of imidazole rings is 1. The molecule has 0 aliphatic rings. The molecule has 0 saturated carbocycles. The molecule has 0 amide bonds. The molecule has 19 heavy (non-hydrogen) atoms. The van der Waals surface area contributed by atoms with Crippen LogP contribution in [0.15, 0.2) is 43.0 Å². The summed E-state index contributed by atoms with van der Waals surface area (Å²) in [5.74, 6) is 0. The van der Waals surface area contributed by atoms with Crippen molar-refractivity contribution < 1.29 is 10.2 Å². The quantitative estimate of drug-likeness (QED) is 0.722. The second-order valence-electron chi connectivity index (χ2n) is 4.51. The van der Waals surface area contributed by atoms with E-state index in [9.17, 15) is 0 Å². The van der Waals surface area contributed by atoms with Gasteiger partial charge in [0.25, 0.3) is 0 Å². The van der Waals surface area contributed by atoms with E-state index < -0.39 is 0 Å². The molecular formula is C14H19N3O2. The van der Waals surface area contributed by atoms with Crippen LogP contribution in [0.3, 0.4) is 0 Å². The van der Waals surface area contributed by atoms with Gasteiger partial charge in [-0.3, -0.25) is 0 Å². The van der Waals surface area contributed by atoms with Gasteiger partial charge >= 0.3 is 0 Å². The summed E-state index contributed by atoms with van der Waals surface area (Å²) in [6.45, 7) is 1.85. The minimum atomic E-state index is -0.289. The Labute approximate surface area is 112 Å². The standard InChI is InChI=1S/C14H19N3O2/c1-11(16-13(8-18)9-19)12-2-4-14(5-3-12)17-7-6-15-10-17/h2-7,10-11,13,16,18-19H,8-9H2,1H3. The van der Waals surface area contributed by atoms with E-state index in [0.717, 1.165) is 11.3 Å². The summed E-state index contributed by atoms with van der Waals surface area (Å²) in [5, 5.41) is 21.3. The summed E-state index contributed by atoms with van der Waals surface area (Å²) in [4.78, 5) is 4.01. The van der Waals surface area contributed by atoms with Gasteiger partial charge < -0.3 is 20.1 Å². The second kappa shape index (κ2) is 6.47. The van der Waals surface area contributed by atoms with Crippen LogP contribution >= 0.6 is 0 Å². The van der Waals surface area contributed by atoms with Gasteiger partial charge in [-0.2, -0.15) is 0 Å². The smallest absolute Gasteiger partial charge is 0.0991 e. The van der Waals surface area contributed by atoms with Gasteiger partial charge in [0.05, 0.1) is 25.6 Å². The molecule has 3 N–H and O–H groups in total. The van der Waals surface area contributed by atoms with E-state index in [1.165, 1.54) is 0 Å². The molecule has 2 rings (SSSR count). The molecule has 0 spiro atoms. The van der Waals surface area contributed by atoms with Crippen LogP contribution in [0.25, 0.3) is 5.69 Å². The van der Waals surface area contributed by atoms with E-state index in [-0.39, 0.29) is 25.3 Å². The fraction of sp³-hybridized carbons (Fsp3) is 0.357. The maximum absolute atomic E-state index is 9.06. The molecule has 5 nitrogen and oxygen atoms in total. The van der Waals surface area contributed by atoms with Crippen molar-refractivity contribution in [2.75, 3.05) is 13.2 Å². The van der Waals surface area contributed by atoms with Crippen LogP contribution in [-0.2, 0) is 0 Å². The molecule has 5 heteroatoms. The van der Waals surface area contributed by atoms with E-state index in [1.807, 2.05) is 42.0 Å². The Morgan fingerprint density at radius 2 is 1.89 bits per heavy atom. The van der Waals surface area contributed by atoms with Gasteiger partial charge in [-0.15, -0.1) is 0 Å². The lowest BCUT2D eigenvalue weighted by atomic mass is 10.1. The Kier molecular flexibility index (Phi) is 4.68. The van der Waals surface area contributed by atoms with Gasteiger partial charge in [0, 0.05) is 24.1 Å². The van der Waals surface area contributed by atoms with Crippen LogP contribution in [0, 0.1) is 0 Å². The summed E-state index contributed by atoms with van der Waals surface area (Å²) >= 11 is 0. The van der Waals surface area contributed by atoms with Gasteiger partial charge in [0.1, 0.15) is 0 Å². The predicted molar refractivity (Wildman–Crippen MR) is 73.1 cm³/mol. The highest BCUT2D eigenvalue weighted by Gasteiger charge is 2.11. The Morgan fingerprint density at radius 1 is 1.21 bits per heavy atom. The number of rotatable bonds is 6. The number of hydrogen-bond donors (Lipinski definition) is 3. The first-order chi connectivity index (χ1) is 9.24. The normalized spacial score (nSPS) is 12.8. The predicted octanol–water partition coefficient (Wildman–Crippen LogP) is 0.876. The Balaban J connectivity index is 2.05. The molecule has 0 bridgehead atoms. The first kappa shape index (κ1) is 13.7. The van der Waals surface area contributed by atoms with E-state index in [4.69, 9.17) is 10.2 Å². The van der Waals surface area contributed by atoms with E-state index in [0.29, 0.717) is 0 Å². The molecule has 1 aromatic carbocycles. The SMILES string of the molecule is CC(NC(CO)CO)c1ccc(-n2ccnc2)cc1. The number of aromatic nitrogens is 2. The number of aliphatic hydroxyl groups is 2. The molecule has 102 valence electrons. The second-order valence-corrected chi connectivity index (χ2v) is 4.51. The first-order valence-corrected chi connectivity index (χ1v) is 6.30. The van der Waals surface area contributed by atoms with Crippen molar-refractivity contribution in [1.29, 1.82) is 0 Å². The first-order valence-electron chi connectivity index (χ1n) is 6.30. The minimum Gasteiger partial charge on any atom is -0.395 e. The van der Waals surface area contributed by atoms with Crippen molar-refractivity contribution in [1.82, 2.24) is 14.9 Å². The van der Waals surface area contributed by atoms with Gasteiger partial charge in [0.15, 0.2) is 0 Å². The highest BCUT2D eigenvalue weighted by Crippen LogP contribution is 2.16. The van der Waals surface area contributed by atoms with Gasteiger partial charge in [0.2, 0.25) is 0 Å². The maximum Gasteiger partial charge on any atom is 0.0991 e. The van der Waals surface area contributed by atoms with Crippen molar-refractivity contribution in [3.05, 3.63) is 48.5 Å². The molecule has 0 saturated heterocycles. The van der Waals surface area contributed by atoms with Crippen LogP contribution in [-0.4, -0.2) is 39.0 Å². The monoisotopic (exact) mass is 261 g/mol. The van der Waals surface area contributed by atoms with Crippen molar-refractivity contribution in [3.8, 4) is 5.69 Å². The molecule has 0 aliphatic heterocycles. The lowest BCUT2D eigenvalue weighted by molar-refractivity contribution is 0.163. The third-order valence-corrected chi connectivity index (χ3v) is 3.12. The van der Waals surface area contributed by atoms with E-state index >= 15 is 0 Å². The minimum absolute atomic E-state index is 0.0705. The molecule has 0 radical (unpaired) electrons. The Hall–Kier alpha value is -1.69. The van der Waals surface area contributed by atoms with Gasteiger partial charge in [-0.05, 0) is 24.6 Å². The molecule has 1 aromatic heterocycles. The zero-order valence-electron chi connectivity index (χ0n) is 10.9. The third kappa shape index (κ3) is 3.41. The fourth-order valence-electron chi connectivity index (χ4n) is 1.96. The third-order valence-electron chi connectivity index (χ3n) is 3.12. The fourth-order valence-corrected chi connectivity index (χ4v) is 1.96. The van der Waals surface area contributed by atoms with E-state index in [2.05, 4.69) is 10.3 Å². The Bertz CT molecular complexity index is 478. The lowest BCUT2D eigenvalue weighted by Gasteiger charge is -2.20. The summed E-state index contributed by atoms with van der Waals surface area (Å²) < 4.78 is 1.94. The lowest BCUT2D eigenvalue weighted by Crippen LogP contribution is -2.37. The van der Waals surface area contributed by atoms with Crippen molar-refractivity contribution in [2.24, 2.45) is 0 Å². The molecule has 1 atom stereocenters. The zero-order chi connectivity index (χ0) is 13.7. The van der Waals surface area contributed by atoms with Gasteiger partial charge in [-0.1, -0.05) is 12.1 Å². The summed E-state index contributed by atoms with van der Waals surface area (Å²) in [6.07, 6.45) is 5.39. The van der Waals surface area contributed by atoms with Gasteiger partial charge in [-0.25, -0.2) is 4.98 Å². The molecule has 0 fully saturated rings. The summed E-state index contributed by atoms with van der Waals surface area (Å²) in [6, 6.07) is 7.87. The van der Waals surface area contributed by atoms with Crippen LogP contribution in [0.5, 0.6) is 0 Å². The van der Waals surface area contributed by atoms with Crippen LogP contribution < -0.4 is 5.32 Å². The molecule has 2 aromatic rings. The summed E-state index contributed by atoms with van der Waals surface area (Å²) in [5.41, 5.74) is 2.16. The van der Waals surface area contributed by atoms with Crippen LogP contribution in [0.1, 0.15) is 18.5 Å². The maximum atomic E-state index is 9.06. The highest BCUT2D eigenvalue weighted by molar-refractivity contribution is 5.35. The van der Waals surface area contributed by atoms with Crippen LogP contribution in [0.4, 0.5) is 0 Å². The molecule has 0 aliphatic carbocycles. The number of aliphatic hydroxyl groups excluding tert-OH is 2. The number of benzene rings is 1. The van der Waals surface area contributed by atoms with Crippen molar-refractivity contribution in [3.63, 3.8) is 0 Å². The van der Waals surface area contributed by atoms with Crippen LogP contribution in [0.2, 0.25) is 0 Å².